The topological polar surface area (TPSA) is 43.4 Å². The highest BCUT2D eigenvalue weighted by Gasteiger charge is 2.55. The first-order valence-electron chi connectivity index (χ1n) is 6.62. The fourth-order valence-electron chi connectivity index (χ4n) is 5.33. The summed E-state index contributed by atoms with van der Waals surface area (Å²) in [6.45, 7) is 2.81. The zero-order valence-corrected chi connectivity index (χ0v) is 11.6. The molecule has 0 aromatic heterocycles. The van der Waals surface area contributed by atoms with E-state index in [0.717, 1.165) is 18.1 Å². The molecule has 2 atom stereocenters. The predicted molar refractivity (Wildman–Crippen MR) is 66.0 cm³/mol. The van der Waals surface area contributed by atoms with Gasteiger partial charge >= 0.3 is 0 Å². The van der Waals surface area contributed by atoms with Crippen LogP contribution in [0.3, 0.4) is 0 Å². The van der Waals surface area contributed by atoms with Crippen LogP contribution in [0.1, 0.15) is 45.4 Å². The van der Waals surface area contributed by atoms with Crippen LogP contribution in [0.4, 0.5) is 0 Å². The Hall–Kier alpha value is -0.0900. The van der Waals surface area contributed by atoms with Crippen molar-refractivity contribution in [1.82, 2.24) is 0 Å². The molecule has 4 aliphatic carbocycles. The van der Waals surface area contributed by atoms with Gasteiger partial charge in [-0.25, -0.2) is 0 Å². The molecule has 0 heterocycles. The summed E-state index contributed by atoms with van der Waals surface area (Å²) >= 11 is 0. The van der Waals surface area contributed by atoms with Gasteiger partial charge in [0.25, 0.3) is 10.1 Å². The minimum absolute atomic E-state index is 0.169. The molecule has 0 N–H and O–H groups in total. The molecule has 0 aromatic rings. The Labute approximate surface area is 104 Å². The Bertz CT molecular complexity index is 412. The van der Waals surface area contributed by atoms with Crippen LogP contribution in [0.5, 0.6) is 0 Å². The highest BCUT2D eigenvalue weighted by molar-refractivity contribution is 7.85. The van der Waals surface area contributed by atoms with Crippen molar-refractivity contribution in [3.8, 4) is 0 Å². The van der Waals surface area contributed by atoms with Crippen LogP contribution in [0.15, 0.2) is 0 Å². The molecule has 4 bridgehead atoms. The molecular weight excluding hydrogens is 236 g/mol. The van der Waals surface area contributed by atoms with Crippen molar-refractivity contribution in [2.24, 2.45) is 22.7 Å². The van der Waals surface area contributed by atoms with Crippen LogP contribution in [-0.2, 0) is 14.3 Å². The van der Waals surface area contributed by atoms with E-state index >= 15 is 0 Å². The predicted octanol–water partition coefficient (Wildman–Crippen LogP) is 2.57. The van der Waals surface area contributed by atoms with E-state index in [4.69, 9.17) is 4.18 Å². The lowest BCUT2D eigenvalue weighted by molar-refractivity contribution is -0.116. The first kappa shape index (κ1) is 12.0. The minimum Gasteiger partial charge on any atom is -0.270 e. The van der Waals surface area contributed by atoms with Crippen molar-refractivity contribution in [2.75, 3.05) is 12.9 Å². The Morgan fingerprint density at radius 1 is 1.18 bits per heavy atom. The van der Waals surface area contributed by atoms with E-state index in [1.807, 2.05) is 0 Å². The molecule has 4 saturated carbocycles. The molecule has 3 nitrogen and oxygen atoms in total. The Balaban J connectivity index is 1.79. The van der Waals surface area contributed by atoms with Crippen LogP contribution < -0.4 is 0 Å². The molecule has 4 fully saturated rings. The standard InChI is InChI=1S/C13H22O3S/c1-12-4-10-3-11(5-12)7-13(6-10,8-12)9-16-17(2,14)15/h10-11H,3-9H2,1-2H3. The van der Waals surface area contributed by atoms with E-state index in [2.05, 4.69) is 6.92 Å². The Morgan fingerprint density at radius 2 is 1.76 bits per heavy atom. The van der Waals surface area contributed by atoms with Crippen LogP contribution in [0, 0.1) is 22.7 Å². The fourth-order valence-corrected chi connectivity index (χ4v) is 5.79. The van der Waals surface area contributed by atoms with Crippen molar-refractivity contribution < 1.29 is 12.6 Å². The second kappa shape index (κ2) is 3.47. The van der Waals surface area contributed by atoms with Crippen molar-refractivity contribution in [3.63, 3.8) is 0 Å². The molecule has 4 heteroatoms. The van der Waals surface area contributed by atoms with Crippen LogP contribution in [0.2, 0.25) is 0 Å². The van der Waals surface area contributed by atoms with Gasteiger partial charge in [0.1, 0.15) is 0 Å². The van der Waals surface area contributed by atoms with Crippen molar-refractivity contribution in [2.45, 2.75) is 45.4 Å². The van der Waals surface area contributed by atoms with E-state index in [9.17, 15) is 8.42 Å². The summed E-state index contributed by atoms with van der Waals surface area (Å²) in [5, 5.41) is 0. The summed E-state index contributed by atoms with van der Waals surface area (Å²) in [4.78, 5) is 0. The van der Waals surface area contributed by atoms with E-state index in [1.54, 1.807) is 0 Å². The van der Waals surface area contributed by atoms with Crippen LogP contribution in [-0.4, -0.2) is 21.3 Å². The number of hydrogen-bond donors (Lipinski definition) is 0. The average molecular weight is 258 g/mol. The third-order valence-electron chi connectivity index (χ3n) is 5.05. The fraction of sp³-hybridized carbons (Fsp3) is 1.00. The van der Waals surface area contributed by atoms with Gasteiger partial charge < -0.3 is 0 Å². The quantitative estimate of drug-likeness (QED) is 0.731. The molecule has 0 amide bonds. The molecule has 4 aliphatic rings. The zero-order valence-electron chi connectivity index (χ0n) is 10.7. The van der Waals surface area contributed by atoms with Crippen LogP contribution >= 0.6 is 0 Å². The maximum Gasteiger partial charge on any atom is 0.264 e. The third-order valence-corrected chi connectivity index (χ3v) is 5.60. The molecule has 98 valence electrons. The van der Waals surface area contributed by atoms with Crippen molar-refractivity contribution in [1.29, 1.82) is 0 Å². The van der Waals surface area contributed by atoms with E-state index in [1.165, 1.54) is 38.5 Å². The monoisotopic (exact) mass is 258 g/mol. The zero-order chi connectivity index (χ0) is 12.3. The smallest absolute Gasteiger partial charge is 0.264 e. The van der Waals surface area contributed by atoms with Gasteiger partial charge in [-0.3, -0.25) is 4.18 Å². The Morgan fingerprint density at radius 3 is 2.24 bits per heavy atom. The molecule has 0 radical (unpaired) electrons. The number of hydrogen-bond acceptors (Lipinski definition) is 3. The summed E-state index contributed by atoms with van der Waals surface area (Å²) in [5.74, 6) is 1.65. The largest absolute Gasteiger partial charge is 0.270 e. The molecule has 0 saturated heterocycles. The maximum absolute atomic E-state index is 11.2. The van der Waals surface area contributed by atoms with Gasteiger partial charge in [-0.1, -0.05) is 6.92 Å². The lowest BCUT2D eigenvalue weighted by atomic mass is 9.45. The second-order valence-corrected chi connectivity index (χ2v) is 8.88. The molecule has 17 heavy (non-hydrogen) atoms. The summed E-state index contributed by atoms with van der Waals surface area (Å²) in [7, 11) is -3.29. The van der Waals surface area contributed by atoms with E-state index in [-0.39, 0.29) is 5.41 Å². The lowest BCUT2D eigenvalue weighted by Gasteiger charge is -2.61. The van der Waals surface area contributed by atoms with Gasteiger partial charge in [0, 0.05) is 0 Å². The lowest BCUT2D eigenvalue weighted by Crippen LogP contribution is -2.52. The normalized spacial score (nSPS) is 48.6. The number of rotatable bonds is 3. The molecule has 2 unspecified atom stereocenters. The van der Waals surface area contributed by atoms with E-state index in [0.29, 0.717) is 12.0 Å². The molecule has 0 aliphatic heterocycles. The molecule has 0 spiro atoms. The van der Waals surface area contributed by atoms with Gasteiger partial charge in [0.15, 0.2) is 0 Å². The van der Waals surface area contributed by atoms with E-state index < -0.39 is 10.1 Å². The first-order chi connectivity index (χ1) is 7.78. The second-order valence-electron chi connectivity index (χ2n) is 7.24. The van der Waals surface area contributed by atoms with Gasteiger partial charge in [-0.15, -0.1) is 0 Å². The van der Waals surface area contributed by atoms with Gasteiger partial charge in [0.05, 0.1) is 12.9 Å². The van der Waals surface area contributed by atoms with Gasteiger partial charge in [0.2, 0.25) is 0 Å². The highest BCUT2D eigenvalue weighted by atomic mass is 32.2. The molecule has 4 rings (SSSR count). The van der Waals surface area contributed by atoms with Crippen LogP contribution in [0.25, 0.3) is 0 Å². The first-order valence-corrected chi connectivity index (χ1v) is 8.44. The summed E-state index contributed by atoms with van der Waals surface area (Å²) in [6, 6.07) is 0. The minimum atomic E-state index is -3.29. The van der Waals surface area contributed by atoms with Crippen molar-refractivity contribution >= 4 is 10.1 Å². The molecule has 0 aromatic carbocycles. The SMILES string of the molecule is CC12CC3CC(C1)CC(COS(C)(=O)=O)(C3)C2. The van der Waals surface area contributed by atoms with Gasteiger partial charge in [-0.2, -0.15) is 8.42 Å². The highest BCUT2D eigenvalue weighted by Crippen LogP contribution is 2.65. The molecular formula is C13H22O3S. The Kier molecular flexibility index (Phi) is 2.45. The third kappa shape index (κ3) is 2.26. The average Bonchev–Trinajstić information content (AvgIpc) is 2.09. The summed E-state index contributed by atoms with van der Waals surface area (Å²) in [5.41, 5.74) is 0.632. The summed E-state index contributed by atoms with van der Waals surface area (Å²) in [6.07, 6.45) is 8.78. The van der Waals surface area contributed by atoms with Gasteiger partial charge in [-0.05, 0) is 61.2 Å². The summed E-state index contributed by atoms with van der Waals surface area (Å²) < 4.78 is 27.5. The maximum atomic E-state index is 11.2. The van der Waals surface area contributed by atoms with Crippen molar-refractivity contribution in [3.05, 3.63) is 0 Å².